The second-order valence-electron chi connectivity index (χ2n) is 5.77. The number of ether oxygens (including phenoxy) is 1. The number of nitrogens with one attached hydrogen (secondary N) is 1. The number of benzene rings is 1. The van der Waals surface area contributed by atoms with Crippen LogP contribution in [0.25, 0.3) is 0 Å². The molecule has 2 nitrogen and oxygen atoms in total. The fourth-order valence-corrected chi connectivity index (χ4v) is 3.38. The third-order valence-electron chi connectivity index (χ3n) is 4.41. The minimum absolute atomic E-state index is 0.761. The Hall–Kier alpha value is -1.02. The highest BCUT2D eigenvalue weighted by Crippen LogP contribution is 2.32. The highest BCUT2D eigenvalue weighted by molar-refractivity contribution is 5.28. The average Bonchev–Trinajstić information content (AvgIpc) is 2.48. The quantitative estimate of drug-likeness (QED) is 0.844. The standard InChI is InChI=1S/C17H27NO/c1-18-13-16(15-8-4-3-5-9-15)11-14-7-6-10-17(12-14)19-2/h6-7,10,12,15-16,18H,3-5,8-9,11,13H2,1-2H3. The summed E-state index contributed by atoms with van der Waals surface area (Å²) in [5.74, 6) is 2.63. The largest absolute Gasteiger partial charge is 0.497 e. The SMILES string of the molecule is CNCC(Cc1cccc(OC)c1)C1CCCCC1. The van der Waals surface area contributed by atoms with Gasteiger partial charge in [0.1, 0.15) is 5.75 Å². The maximum Gasteiger partial charge on any atom is 0.119 e. The summed E-state index contributed by atoms with van der Waals surface area (Å²) >= 11 is 0. The Morgan fingerprint density at radius 2 is 2.05 bits per heavy atom. The van der Waals surface area contributed by atoms with Crippen LogP contribution >= 0.6 is 0 Å². The Morgan fingerprint density at radius 3 is 2.74 bits per heavy atom. The van der Waals surface area contributed by atoms with Crippen LogP contribution in [0.5, 0.6) is 5.75 Å². The van der Waals surface area contributed by atoms with Gasteiger partial charge >= 0.3 is 0 Å². The van der Waals surface area contributed by atoms with Gasteiger partial charge in [0.15, 0.2) is 0 Å². The van der Waals surface area contributed by atoms with Crippen molar-refractivity contribution in [2.24, 2.45) is 11.8 Å². The van der Waals surface area contributed by atoms with Crippen LogP contribution in [-0.2, 0) is 6.42 Å². The fourth-order valence-electron chi connectivity index (χ4n) is 3.38. The predicted molar refractivity (Wildman–Crippen MR) is 80.7 cm³/mol. The summed E-state index contributed by atoms with van der Waals surface area (Å²) < 4.78 is 5.33. The van der Waals surface area contributed by atoms with E-state index in [1.165, 1.54) is 44.1 Å². The van der Waals surface area contributed by atoms with E-state index in [4.69, 9.17) is 4.74 Å². The van der Waals surface area contributed by atoms with E-state index in [-0.39, 0.29) is 0 Å². The van der Waals surface area contributed by atoms with Crippen LogP contribution in [0.15, 0.2) is 24.3 Å². The minimum atomic E-state index is 0.761. The molecule has 0 heterocycles. The smallest absolute Gasteiger partial charge is 0.119 e. The normalized spacial score (nSPS) is 18.2. The van der Waals surface area contributed by atoms with Crippen LogP contribution in [0.1, 0.15) is 37.7 Å². The topological polar surface area (TPSA) is 21.3 Å². The van der Waals surface area contributed by atoms with Crippen molar-refractivity contribution in [2.45, 2.75) is 38.5 Å². The number of rotatable bonds is 6. The first-order valence-electron chi connectivity index (χ1n) is 7.61. The first kappa shape index (κ1) is 14.4. The summed E-state index contributed by atoms with van der Waals surface area (Å²) in [5, 5.41) is 3.38. The van der Waals surface area contributed by atoms with E-state index < -0.39 is 0 Å². The van der Waals surface area contributed by atoms with E-state index in [2.05, 4.69) is 30.6 Å². The molecule has 1 fully saturated rings. The Bertz CT molecular complexity index is 371. The Balaban J connectivity index is 2.01. The van der Waals surface area contributed by atoms with E-state index in [1.807, 2.05) is 6.07 Å². The first-order valence-corrected chi connectivity index (χ1v) is 7.61. The molecule has 1 atom stereocenters. The molecule has 0 saturated heterocycles. The molecule has 2 heteroatoms. The summed E-state index contributed by atoms with van der Waals surface area (Å²) in [4.78, 5) is 0. The molecule has 106 valence electrons. The van der Waals surface area contributed by atoms with Gasteiger partial charge in [-0.1, -0.05) is 44.2 Å². The molecule has 1 aromatic carbocycles. The Morgan fingerprint density at radius 1 is 1.26 bits per heavy atom. The molecule has 1 aliphatic carbocycles. The van der Waals surface area contributed by atoms with E-state index in [1.54, 1.807) is 7.11 Å². The summed E-state index contributed by atoms with van der Waals surface area (Å²) in [5.41, 5.74) is 1.41. The van der Waals surface area contributed by atoms with Crippen LogP contribution in [0, 0.1) is 11.8 Å². The number of hydrogen-bond donors (Lipinski definition) is 1. The van der Waals surface area contributed by atoms with Crippen molar-refractivity contribution >= 4 is 0 Å². The van der Waals surface area contributed by atoms with E-state index >= 15 is 0 Å². The van der Waals surface area contributed by atoms with Gasteiger partial charge in [-0.2, -0.15) is 0 Å². The second kappa shape index (κ2) is 7.54. The maximum absolute atomic E-state index is 5.33. The van der Waals surface area contributed by atoms with E-state index in [0.717, 1.165) is 24.1 Å². The molecule has 1 saturated carbocycles. The molecule has 1 aromatic rings. The molecule has 0 radical (unpaired) electrons. The lowest BCUT2D eigenvalue weighted by molar-refractivity contribution is 0.242. The predicted octanol–water partition coefficient (Wildman–Crippen LogP) is 3.65. The molecule has 0 aliphatic heterocycles. The summed E-state index contributed by atoms with van der Waals surface area (Å²) in [6, 6.07) is 8.54. The van der Waals surface area contributed by atoms with Crippen molar-refractivity contribution in [2.75, 3.05) is 20.7 Å². The zero-order valence-electron chi connectivity index (χ0n) is 12.3. The van der Waals surface area contributed by atoms with Crippen LogP contribution in [0.4, 0.5) is 0 Å². The van der Waals surface area contributed by atoms with Crippen molar-refractivity contribution in [3.63, 3.8) is 0 Å². The number of hydrogen-bond acceptors (Lipinski definition) is 2. The minimum Gasteiger partial charge on any atom is -0.497 e. The van der Waals surface area contributed by atoms with Gasteiger partial charge in [-0.15, -0.1) is 0 Å². The zero-order valence-corrected chi connectivity index (χ0v) is 12.3. The average molecular weight is 261 g/mol. The van der Waals surface area contributed by atoms with Crippen molar-refractivity contribution in [1.29, 1.82) is 0 Å². The molecule has 1 unspecified atom stereocenters. The molecule has 0 aromatic heterocycles. The Kier molecular flexibility index (Phi) is 5.71. The van der Waals surface area contributed by atoms with Gasteiger partial charge in [0, 0.05) is 0 Å². The second-order valence-corrected chi connectivity index (χ2v) is 5.77. The van der Waals surface area contributed by atoms with Gasteiger partial charge in [-0.05, 0) is 49.5 Å². The van der Waals surface area contributed by atoms with Crippen LogP contribution in [0.3, 0.4) is 0 Å². The molecule has 0 bridgehead atoms. The fraction of sp³-hybridized carbons (Fsp3) is 0.647. The lowest BCUT2D eigenvalue weighted by Gasteiger charge is -2.30. The first-order chi connectivity index (χ1) is 9.33. The number of methoxy groups -OCH3 is 1. The van der Waals surface area contributed by atoms with Gasteiger partial charge in [0.05, 0.1) is 7.11 Å². The van der Waals surface area contributed by atoms with E-state index in [0.29, 0.717) is 0 Å². The van der Waals surface area contributed by atoms with Crippen molar-refractivity contribution in [1.82, 2.24) is 5.32 Å². The van der Waals surface area contributed by atoms with Gasteiger partial charge in [-0.25, -0.2) is 0 Å². The van der Waals surface area contributed by atoms with Crippen LogP contribution in [-0.4, -0.2) is 20.7 Å². The van der Waals surface area contributed by atoms with Crippen LogP contribution in [0.2, 0.25) is 0 Å². The summed E-state index contributed by atoms with van der Waals surface area (Å²) in [7, 11) is 3.81. The van der Waals surface area contributed by atoms with Crippen molar-refractivity contribution in [3.8, 4) is 5.75 Å². The molecular weight excluding hydrogens is 234 g/mol. The molecule has 0 spiro atoms. The molecular formula is C17H27NO. The summed E-state index contributed by atoms with van der Waals surface area (Å²) in [6.07, 6.45) is 8.27. The molecule has 0 amide bonds. The van der Waals surface area contributed by atoms with Gasteiger partial charge in [0.25, 0.3) is 0 Å². The Labute approximate surface area is 117 Å². The molecule has 2 rings (SSSR count). The molecule has 19 heavy (non-hydrogen) atoms. The third-order valence-corrected chi connectivity index (χ3v) is 4.41. The highest BCUT2D eigenvalue weighted by Gasteiger charge is 2.23. The lowest BCUT2D eigenvalue weighted by atomic mass is 9.77. The lowest BCUT2D eigenvalue weighted by Crippen LogP contribution is -2.29. The third kappa shape index (κ3) is 4.24. The van der Waals surface area contributed by atoms with Gasteiger partial charge in [-0.3, -0.25) is 0 Å². The maximum atomic E-state index is 5.33. The highest BCUT2D eigenvalue weighted by atomic mass is 16.5. The monoisotopic (exact) mass is 261 g/mol. The van der Waals surface area contributed by atoms with Crippen molar-refractivity contribution in [3.05, 3.63) is 29.8 Å². The molecule has 1 N–H and O–H groups in total. The summed E-state index contributed by atoms with van der Waals surface area (Å²) in [6.45, 7) is 1.13. The zero-order chi connectivity index (χ0) is 13.5. The van der Waals surface area contributed by atoms with Crippen molar-refractivity contribution < 1.29 is 4.74 Å². The van der Waals surface area contributed by atoms with E-state index in [9.17, 15) is 0 Å². The van der Waals surface area contributed by atoms with Gasteiger partial charge in [0.2, 0.25) is 0 Å². The molecule has 1 aliphatic rings. The van der Waals surface area contributed by atoms with Crippen LogP contribution < -0.4 is 10.1 Å². The van der Waals surface area contributed by atoms with Gasteiger partial charge < -0.3 is 10.1 Å².